The highest BCUT2D eigenvalue weighted by atomic mass is 32.2. The molecule has 25 N–H and O–H groups in total. The Morgan fingerprint density at radius 2 is 0.813 bits per heavy atom. The van der Waals surface area contributed by atoms with E-state index in [0.29, 0.717) is 30.4 Å². The van der Waals surface area contributed by atoms with Crippen LogP contribution in [0.4, 0.5) is 0 Å². The van der Waals surface area contributed by atoms with Crippen molar-refractivity contribution in [3.05, 3.63) is 65.7 Å². The molecule has 0 saturated carbocycles. The average molecular weight is 1530 g/mol. The lowest BCUT2D eigenvalue weighted by molar-refractivity contribution is -0.143. The van der Waals surface area contributed by atoms with Crippen LogP contribution in [0.2, 0.25) is 0 Å². The number of carboxylic acids is 3. The molecule has 0 aliphatic rings. The topological polar surface area (TPSA) is 623 Å². The van der Waals surface area contributed by atoms with Gasteiger partial charge in [0.05, 0.1) is 19.6 Å². The minimum Gasteiger partial charge on any atom is -0.508 e. The number of carbonyl (C=O) groups is 16. The summed E-state index contributed by atoms with van der Waals surface area (Å²) in [5, 5.41) is 77.9. The first-order valence-corrected chi connectivity index (χ1v) is 36.5. The van der Waals surface area contributed by atoms with E-state index >= 15 is 0 Å². The van der Waals surface area contributed by atoms with Gasteiger partial charge < -0.3 is 112 Å². The minimum absolute atomic E-state index is 0.0346. The number of aliphatic hydroxyl groups excluding tert-OH is 1. The zero-order valence-corrected chi connectivity index (χ0v) is 61.9. The molecule has 0 radical (unpaired) electrons. The number of phenols is 1. The van der Waals surface area contributed by atoms with Crippen LogP contribution in [0.15, 0.2) is 54.6 Å². The fourth-order valence-electron chi connectivity index (χ4n) is 10.5. The van der Waals surface area contributed by atoms with Gasteiger partial charge in [-0.1, -0.05) is 70.2 Å². The SMILES string of the molecule is CSCC[C@H](NC(=O)[C@H](C)NC(=O)[C@H](CC(C)C)NC(=O)[C@H](Cc1ccc(O)cc1)NC(=O)[C@H](Cc1ccccc1)NC(=O)[C@H](CCC(=O)O)NC(=O)[C@@H](N)CO)C(=O)N[C@@H](CC(N)=O)C(=O)N[C@@H](CCCCN)C(=O)N[C@@H](CCC(=O)O)C(=O)NCC(=O)N[C@@H](CCCCN)C(=O)N[C@@H](CC(C)C)C(=O)O. The normalized spacial score (nSPS) is 14.5. The number of unbranched alkanes of at least 4 members (excludes halogenated alkanes) is 2. The van der Waals surface area contributed by atoms with E-state index in [1.807, 2.05) is 0 Å². The molecule has 596 valence electrons. The molecule has 38 heteroatoms. The van der Waals surface area contributed by atoms with E-state index in [1.165, 1.54) is 43.0 Å². The summed E-state index contributed by atoms with van der Waals surface area (Å²) in [5.74, 6) is -17.4. The maximum Gasteiger partial charge on any atom is 0.326 e. The maximum atomic E-state index is 14.6. The second-order valence-electron chi connectivity index (χ2n) is 26.5. The molecule has 107 heavy (non-hydrogen) atoms. The number of aromatic hydroxyl groups is 1. The zero-order valence-electron chi connectivity index (χ0n) is 61.1. The maximum absolute atomic E-state index is 14.6. The summed E-state index contributed by atoms with van der Waals surface area (Å²) in [7, 11) is 0. The van der Waals surface area contributed by atoms with E-state index in [1.54, 1.807) is 64.3 Å². The Bertz CT molecular complexity index is 3300. The predicted octanol–water partition coefficient (Wildman–Crippen LogP) is -4.24. The molecule has 2 aromatic rings. The largest absolute Gasteiger partial charge is 0.508 e. The van der Waals surface area contributed by atoms with E-state index in [2.05, 4.69) is 63.8 Å². The molecule has 0 bridgehead atoms. The molecule has 2 aromatic carbocycles. The number of aliphatic carboxylic acids is 3. The van der Waals surface area contributed by atoms with Gasteiger partial charge in [0.2, 0.25) is 76.8 Å². The van der Waals surface area contributed by atoms with E-state index in [0.717, 1.165) is 0 Å². The number of rotatable bonds is 53. The lowest BCUT2D eigenvalue weighted by Crippen LogP contribution is -2.61. The van der Waals surface area contributed by atoms with Gasteiger partial charge in [-0.05, 0) is 138 Å². The first-order chi connectivity index (χ1) is 50.5. The number of benzene rings is 2. The Morgan fingerprint density at radius 1 is 0.430 bits per heavy atom. The summed E-state index contributed by atoms with van der Waals surface area (Å²) in [6.45, 7) is 6.92. The van der Waals surface area contributed by atoms with Crippen molar-refractivity contribution < 1.29 is 102 Å². The zero-order chi connectivity index (χ0) is 80.5. The van der Waals surface area contributed by atoms with Crippen molar-refractivity contribution >= 4 is 106 Å². The van der Waals surface area contributed by atoms with Crippen LogP contribution >= 0.6 is 11.8 Å². The summed E-state index contributed by atoms with van der Waals surface area (Å²) < 4.78 is 0. The van der Waals surface area contributed by atoms with Gasteiger partial charge in [-0.25, -0.2) is 4.79 Å². The third kappa shape index (κ3) is 37.2. The van der Waals surface area contributed by atoms with Crippen molar-refractivity contribution in [1.29, 1.82) is 0 Å². The standard InChI is InChI=1S/C69H108N16O21S/c1-37(2)30-49(81-66(102)51(33-41-18-20-42(87)21-19-41)83-67(103)50(32-40-14-8-7-9-15-40)82-63(99)47(23-25-57(92)93)78-59(95)43(72)36-86)65(101)75-39(5)58(94)77-48(26-29-107-6)64(100)84-52(34-54(73)88)68(104)79-45(17-11-13-28-71)62(98)80-46(22-24-56(90)91)60(96)74-35-55(89)76-44(16-10-12-27-70)61(97)85-53(69(105)106)31-38(3)4/h7-9,14-15,18-21,37-39,43-53,86-87H,10-13,16-17,22-36,70-72H2,1-6H3,(H2,73,88)(H,74,96)(H,75,101)(H,76,89)(H,77,94)(H,78,95)(H,79,104)(H,80,98)(H,81,102)(H,82,99)(H,83,103)(H,84,100)(H,85,97)(H,90,91)(H,92,93)(H,105,106)/t39-,43-,44-,45-,46-,47-,48-,49-,50-,51-,52-,53-/m0/s1. The molecule has 0 fully saturated rings. The lowest BCUT2D eigenvalue weighted by Gasteiger charge is -2.28. The van der Waals surface area contributed by atoms with Gasteiger partial charge >= 0.3 is 17.9 Å². The van der Waals surface area contributed by atoms with Gasteiger partial charge in [-0.3, -0.25) is 71.9 Å². The number of hydrogen-bond donors (Lipinski definition) is 21. The van der Waals surface area contributed by atoms with Crippen molar-refractivity contribution in [2.75, 3.05) is 38.2 Å². The minimum atomic E-state index is -1.84. The van der Waals surface area contributed by atoms with Gasteiger partial charge in [0.15, 0.2) is 0 Å². The van der Waals surface area contributed by atoms with E-state index in [9.17, 15) is 102 Å². The smallest absolute Gasteiger partial charge is 0.326 e. The summed E-state index contributed by atoms with van der Waals surface area (Å²) in [5.41, 5.74) is 23.5. The van der Waals surface area contributed by atoms with E-state index in [-0.39, 0.29) is 87.8 Å². The van der Waals surface area contributed by atoms with Crippen LogP contribution in [-0.4, -0.2) is 231 Å². The molecule has 0 saturated heterocycles. The quantitative estimate of drug-likeness (QED) is 0.0279. The molecular formula is C69H108N16O21S. The highest BCUT2D eigenvalue weighted by Crippen LogP contribution is 2.16. The Labute approximate surface area is 624 Å². The number of hydrogen-bond acceptors (Lipinski definition) is 22. The molecule has 2 rings (SSSR count). The molecule has 0 aliphatic heterocycles. The monoisotopic (exact) mass is 1530 g/mol. The number of primary amides is 1. The summed E-state index contributed by atoms with van der Waals surface area (Å²) in [6.07, 6.45) is -1.06. The van der Waals surface area contributed by atoms with Crippen LogP contribution in [0.25, 0.3) is 0 Å². The van der Waals surface area contributed by atoms with Gasteiger partial charge in [0.25, 0.3) is 0 Å². The second-order valence-corrected chi connectivity index (χ2v) is 27.4. The molecule has 0 aromatic heterocycles. The second kappa shape index (κ2) is 49.7. The third-order valence-electron chi connectivity index (χ3n) is 16.3. The van der Waals surface area contributed by atoms with Crippen LogP contribution in [0, 0.1) is 11.8 Å². The van der Waals surface area contributed by atoms with Crippen LogP contribution in [0.5, 0.6) is 5.75 Å². The van der Waals surface area contributed by atoms with Crippen molar-refractivity contribution in [3.63, 3.8) is 0 Å². The number of amides is 13. The number of aliphatic hydroxyl groups is 1. The van der Waals surface area contributed by atoms with Gasteiger partial charge in [0.1, 0.15) is 78.3 Å². The fourth-order valence-corrected chi connectivity index (χ4v) is 11.0. The molecule has 0 heterocycles. The number of phenolic OH excluding ortho intramolecular Hbond substituents is 1. The van der Waals surface area contributed by atoms with E-state index in [4.69, 9.17) is 22.9 Å². The summed E-state index contributed by atoms with van der Waals surface area (Å²) in [6, 6.07) is -4.43. The molecule has 13 amide bonds. The molecule has 0 aliphatic carbocycles. The molecule has 0 unspecified atom stereocenters. The predicted molar refractivity (Wildman–Crippen MR) is 390 cm³/mol. The highest BCUT2D eigenvalue weighted by molar-refractivity contribution is 7.98. The molecule has 0 spiro atoms. The average Bonchev–Trinajstić information content (AvgIpc) is 0.848. The van der Waals surface area contributed by atoms with E-state index < -0.39 is 212 Å². The number of thioether (sulfide) groups is 1. The number of nitrogens with one attached hydrogen (secondary N) is 12. The van der Waals surface area contributed by atoms with Crippen LogP contribution < -0.4 is 86.7 Å². The summed E-state index contributed by atoms with van der Waals surface area (Å²) >= 11 is 1.25. The lowest BCUT2D eigenvalue weighted by atomic mass is 9.99. The fraction of sp³-hybridized carbons (Fsp3) is 0.594. The van der Waals surface area contributed by atoms with Crippen molar-refractivity contribution in [1.82, 2.24) is 63.8 Å². The van der Waals surface area contributed by atoms with Crippen molar-refractivity contribution in [2.45, 2.75) is 210 Å². The first-order valence-electron chi connectivity index (χ1n) is 35.2. The Hall–Kier alpha value is -10.0. The number of carbonyl (C=O) groups excluding carboxylic acids is 13. The summed E-state index contributed by atoms with van der Waals surface area (Å²) in [4.78, 5) is 215. The van der Waals surface area contributed by atoms with Crippen LogP contribution in [0.3, 0.4) is 0 Å². The molecule has 12 atom stereocenters. The van der Waals surface area contributed by atoms with Gasteiger partial charge in [0, 0.05) is 25.7 Å². The first kappa shape index (κ1) is 93.0. The van der Waals surface area contributed by atoms with Crippen LogP contribution in [-0.2, 0) is 89.6 Å². The van der Waals surface area contributed by atoms with Gasteiger partial charge in [-0.15, -0.1) is 0 Å². The Balaban J connectivity index is 2.45. The number of nitrogens with two attached hydrogens (primary N) is 4. The highest BCUT2D eigenvalue weighted by Gasteiger charge is 2.37. The Morgan fingerprint density at radius 3 is 1.27 bits per heavy atom. The third-order valence-corrected chi connectivity index (χ3v) is 17.0. The van der Waals surface area contributed by atoms with Crippen molar-refractivity contribution in [3.8, 4) is 5.75 Å². The van der Waals surface area contributed by atoms with Gasteiger partial charge in [-0.2, -0.15) is 11.8 Å². The number of carboxylic acid groups (broad SMARTS) is 3. The van der Waals surface area contributed by atoms with Crippen molar-refractivity contribution in [2.24, 2.45) is 34.8 Å². The Kier molecular flexibility index (Phi) is 43.2. The molecular weight excluding hydrogens is 1420 g/mol. The van der Waals surface area contributed by atoms with Crippen LogP contribution in [0.1, 0.15) is 136 Å². The molecule has 37 nitrogen and oxygen atoms in total.